The first-order chi connectivity index (χ1) is 13.1. The van der Waals surface area contributed by atoms with Crippen molar-refractivity contribution in [1.29, 1.82) is 0 Å². The molecular weight excluding hydrogens is 374 g/mol. The summed E-state index contributed by atoms with van der Waals surface area (Å²) in [6.07, 6.45) is 4.19. The number of sulfonamides is 1. The first kappa shape index (κ1) is 19.1. The molecule has 0 spiro atoms. The zero-order valence-corrected chi connectivity index (χ0v) is 17.0. The summed E-state index contributed by atoms with van der Waals surface area (Å²) in [6, 6.07) is 10.3. The molecule has 1 aliphatic rings. The van der Waals surface area contributed by atoms with E-state index in [1.54, 1.807) is 39.1 Å². The molecule has 3 N–H and O–H groups in total. The fourth-order valence-electron chi connectivity index (χ4n) is 3.17. The Morgan fingerprint density at radius 2 is 1.89 bits per heavy atom. The van der Waals surface area contributed by atoms with E-state index in [1.165, 1.54) is 18.5 Å². The van der Waals surface area contributed by atoms with Crippen LogP contribution in [-0.4, -0.2) is 35.1 Å². The Morgan fingerprint density at radius 3 is 2.50 bits per heavy atom. The molecule has 0 amide bonds. The third kappa shape index (κ3) is 3.70. The van der Waals surface area contributed by atoms with Crippen molar-refractivity contribution in [2.45, 2.75) is 56.1 Å². The maximum Gasteiger partial charge on any atom is 0.240 e. The van der Waals surface area contributed by atoms with E-state index in [-0.39, 0.29) is 4.90 Å². The number of hydrogen-bond acceptors (Lipinski definition) is 4. The number of nitrogens with one attached hydrogen (secondary N) is 2. The highest BCUT2D eigenvalue weighted by molar-refractivity contribution is 7.89. The van der Waals surface area contributed by atoms with Gasteiger partial charge in [0, 0.05) is 23.3 Å². The average molecular weight is 400 g/mol. The second kappa shape index (κ2) is 6.69. The Labute approximate surface area is 165 Å². The van der Waals surface area contributed by atoms with E-state index in [4.69, 9.17) is 0 Å². The van der Waals surface area contributed by atoms with E-state index >= 15 is 0 Å². The SMILES string of the molecule is CC(NS(=O)(=O)c1ccc(-c2ccnc3[nH]c(C4CC4)cc23)cc1)C(C)(C)O. The van der Waals surface area contributed by atoms with Crippen molar-refractivity contribution >= 4 is 21.1 Å². The van der Waals surface area contributed by atoms with Crippen molar-refractivity contribution in [1.82, 2.24) is 14.7 Å². The molecule has 3 aromatic rings. The zero-order chi connectivity index (χ0) is 20.1. The number of aliphatic hydroxyl groups is 1. The third-order valence-electron chi connectivity index (χ3n) is 5.44. The number of hydrogen-bond donors (Lipinski definition) is 3. The quantitative estimate of drug-likeness (QED) is 0.591. The molecule has 1 fully saturated rings. The van der Waals surface area contributed by atoms with Crippen LogP contribution in [0.15, 0.2) is 47.5 Å². The summed E-state index contributed by atoms with van der Waals surface area (Å²) in [5, 5.41) is 11.0. The normalized spacial score (nSPS) is 16.4. The van der Waals surface area contributed by atoms with Gasteiger partial charge in [-0.3, -0.25) is 0 Å². The molecule has 1 aromatic carbocycles. The van der Waals surface area contributed by atoms with Gasteiger partial charge in [-0.15, -0.1) is 0 Å². The standard InChI is InChI=1S/C21H25N3O3S/c1-13(21(2,3)25)24-28(26,27)16-8-6-14(7-9-16)17-10-11-22-20-18(17)12-19(23-20)15-4-5-15/h6-13,15,24-25H,4-5H2,1-3H3,(H,22,23). The maximum atomic E-state index is 12.6. The summed E-state index contributed by atoms with van der Waals surface area (Å²) < 4.78 is 27.7. The van der Waals surface area contributed by atoms with E-state index in [2.05, 4.69) is 20.8 Å². The van der Waals surface area contributed by atoms with Crippen molar-refractivity contribution in [3.05, 3.63) is 48.3 Å². The highest BCUT2D eigenvalue weighted by Gasteiger charge is 2.28. The number of H-pyrrole nitrogens is 1. The lowest BCUT2D eigenvalue weighted by molar-refractivity contribution is 0.0524. The van der Waals surface area contributed by atoms with Gasteiger partial charge >= 0.3 is 0 Å². The highest BCUT2D eigenvalue weighted by atomic mass is 32.2. The van der Waals surface area contributed by atoms with Crippen LogP contribution in [-0.2, 0) is 10.0 Å². The van der Waals surface area contributed by atoms with Gasteiger partial charge < -0.3 is 10.1 Å². The smallest absolute Gasteiger partial charge is 0.240 e. The molecule has 0 aliphatic heterocycles. The number of nitrogens with zero attached hydrogens (tertiary/aromatic N) is 1. The van der Waals surface area contributed by atoms with Gasteiger partial charge in [-0.05, 0) is 74.9 Å². The first-order valence-electron chi connectivity index (χ1n) is 9.48. The van der Waals surface area contributed by atoms with Crippen LogP contribution in [0.2, 0.25) is 0 Å². The molecule has 1 aliphatic carbocycles. The second-order valence-electron chi connectivity index (χ2n) is 8.14. The number of pyridine rings is 1. The van der Waals surface area contributed by atoms with E-state index in [0.29, 0.717) is 5.92 Å². The molecule has 148 valence electrons. The van der Waals surface area contributed by atoms with Crippen LogP contribution in [0.25, 0.3) is 22.2 Å². The molecule has 0 saturated heterocycles. The lowest BCUT2D eigenvalue weighted by Gasteiger charge is -2.26. The molecule has 7 heteroatoms. The van der Waals surface area contributed by atoms with Crippen molar-refractivity contribution in [3.63, 3.8) is 0 Å². The van der Waals surface area contributed by atoms with Crippen molar-refractivity contribution in [3.8, 4) is 11.1 Å². The van der Waals surface area contributed by atoms with Crippen molar-refractivity contribution in [2.75, 3.05) is 0 Å². The van der Waals surface area contributed by atoms with E-state index in [1.807, 2.05) is 18.2 Å². The molecule has 4 rings (SSSR count). The topological polar surface area (TPSA) is 95.1 Å². The largest absolute Gasteiger partial charge is 0.389 e. The summed E-state index contributed by atoms with van der Waals surface area (Å²) in [5.41, 5.74) is 2.89. The fraction of sp³-hybridized carbons (Fsp3) is 0.381. The van der Waals surface area contributed by atoms with Gasteiger partial charge in [-0.1, -0.05) is 12.1 Å². The van der Waals surface area contributed by atoms with Crippen LogP contribution in [0.3, 0.4) is 0 Å². The van der Waals surface area contributed by atoms with Gasteiger partial charge in [-0.25, -0.2) is 18.1 Å². The van der Waals surface area contributed by atoms with Crippen molar-refractivity contribution in [2.24, 2.45) is 0 Å². The minimum absolute atomic E-state index is 0.172. The molecule has 2 aromatic heterocycles. The van der Waals surface area contributed by atoms with Crippen LogP contribution in [0.1, 0.15) is 45.2 Å². The van der Waals surface area contributed by atoms with Crippen molar-refractivity contribution < 1.29 is 13.5 Å². The second-order valence-corrected chi connectivity index (χ2v) is 9.85. The molecule has 0 radical (unpaired) electrons. The number of benzene rings is 1. The van der Waals surface area contributed by atoms with Gasteiger partial charge in [0.15, 0.2) is 0 Å². The van der Waals surface area contributed by atoms with Gasteiger partial charge in [0.1, 0.15) is 5.65 Å². The van der Waals surface area contributed by atoms with Gasteiger partial charge in [0.25, 0.3) is 0 Å². The van der Waals surface area contributed by atoms with Gasteiger partial charge in [0.05, 0.1) is 10.5 Å². The molecule has 1 atom stereocenters. The third-order valence-corrected chi connectivity index (χ3v) is 6.99. The van der Waals surface area contributed by atoms with E-state index in [0.717, 1.165) is 22.2 Å². The Balaban J connectivity index is 1.64. The summed E-state index contributed by atoms with van der Waals surface area (Å²) in [7, 11) is -3.71. The minimum Gasteiger partial charge on any atom is -0.389 e. The Kier molecular flexibility index (Phi) is 4.56. The van der Waals surface area contributed by atoms with E-state index < -0.39 is 21.7 Å². The predicted molar refractivity (Wildman–Crippen MR) is 110 cm³/mol. The first-order valence-corrected chi connectivity index (χ1v) is 11.0. The number of aromatic nitrogens is 2. The lowest BCUT2D eigenvalue weighted by Crippen LogP contribution is -2.47. The number of rotatable bonds is 6. The lowest BCUT2D eigenvalue weighted by atomic mass is 10.0. The average Bonchev–Trinajstić information content (AvgIpc) is 3.39. The van der Waals surface area contributed by atoms with Gasteiger partial charge in [-0.2, -0.15) is 0 Å². The molecular formula is C21H25N3O3S. The van der Waals surface area contributed by atoms with Crippen LogP contribution in [0, 0.1) is 0 Å². The monoisotopic (exact) mass is 399 g/mol. The fourth-order valence-corrected chi connectivity index (χ4v) is 4.56. The summed E-state index contributed by atoms with van der Waals surface area (Å²) >= 11 is 0. The number of fused-ring (bicyclic) bond motifs is 1. The minimum atomic E-state index is -3.71. The van der Waals surface area contributed by atoms with Gasteiger partial charge in [0.2, 0.25) is 10.0 Å². The van der Waals surface area contributed by atoms with Crippen LogP contribution < -0.4 is 4.72 Å². The molecule has 6 nitrogen and oxygen atoms in total. The Hall–Kier alpha value is -2.22. The maximum absolute atomic E-state index is 12.6. The van der Waals surface area contributed by atoms with Crippen LogP contribution >= 0.6 is 0 Å². The molecule has 1 saturated carbocycles. The Morgan fingerprint density at radius 1 is 1.21 bits per heavy atom. The number of aromatic amines is 1. The summed E-state index contributed by atoms with van der Waals surface area (Å²) in [6.45, 7) is 4.79. The molecule has 2 heterocycles. The van der Waals surface area contributed by atoms with Crippen LogP contribution in [0.4, 0.5) is 0 Å². The summed E-state index contributed by atoms with van der Waals surface area (Å²) in [5.74, 6) is 0.610. The molecule has 0 bridgehead atoms. The predicted octanol–water partition coefficient (Wildman–Crippen LogP) is 3.55. The Bertz CT molecular complexity index is 1110. The van der Waals surface area contributed by atoms with Crippen LogP contribution in [0.5, 0.6) is 0 Å². The van der Waals surface area contributed by atoms with E-state index in [9.17, 15) is 13.5 Å². The zero-order valence-electron chi connectivity index (χ0n) is 16.2. The highest BCUT2D eigenvalue weighted by Crippen LogP contribution is 2.41. The summed E-state index contributed by atoms with van der Waals surface area (Å²) in [4.78, 5) is 8.00. The molecule has 28 heavy (non-hydrogen) atoms. The molecule has 1 unspecified atom stereocenters.